The van der Waals surface area contributed by atoms with Crippen LogP contribution < -0.4 is 10.1 Å². The van der Waals surface area contributed by atoms with E-state index in [1.54, 1.807) is 18.3 Å². The molecule has 112 valence electrons. The molecule has 0 aliphatic rings. The molecule has 2 aromatic rings. The van der Waals surface area contributed by atoms with Crippen LogP contribution in [0.15, 0.2) is 36.7 Å². The molecule has 5 heteroatoms. The van der Waals surface area contributed by atoms with E-state index in [0.29, 0.717) is 11.1 Å². The van der Waals surface area contributed by atoms with Gasteiger partial charge in [0.05, 0.1) is 19.3 Å². The average Bonchev–Trinajstić information content (AvgIpc) is 2.48. The number of nitrogens with one attached hydrogen (secondary N) is 1. The van der Waals surface area contributed by atoms with Crippen molar-refractivity contribution in [3.63, 3.8) is 0 Å². The van der Waals surface area contributed by atoms with Crippen molar-refractivity contribution < 1.29 is 13.5 Å². The van der Waals surface area contributed by atoms with Gasteiger partial charge in [-0.05, 0) is 42.3 Å². The van der Waals surface area contributed by atoms with Gasteiger partial charge in [-0.3, -0.25) is 4.98 Å². The van der Waals surface area contributed by atoms with Gasteiger partial charge in [-0.15, -0.1) is 0 Å². The molecule has 0 aliphatic heterocycles. The van der Waals surface area contributed by atoms with Crippen molar-refractivity contribution >= 4 is 0 Å². The summed E-state index contributed by atoms with van der Waals surface area (Å²) in [6.45, 7) is 2.76. The van der Waals surface area contributed by atoms with Gasteiger partial charge in [-0.25, -0.2) is 8.78 Å². The summed E-state index contributed by atoms with van der Waals surface area (Å²) in [5.74, 6) is -0.669. The van der Waals surface area contributed by atoms with Crippen molar-refractivity contribution in [1.29, 1.82) is 0 Å². The van der Waals surface area contributed by atoms with Gasteiger partial charge in [0.1, 0.15) is 5.82 Å². The Balaban J connectivity index is 2.37. The van der Waals surface area contributed by atoms with Crippen LogP contribution in [0.3, 0.4) is 0 Å². The fourth-order valence-electron chi connectivity index (χ4n) is 2.17. The topological polar surface area (TPSA) is 34.2 Å². The minimum atomic E-state index is -0.442. The number of benzene rings is 1. The summed E-state index contributed by atoms with van der Waals surface area (Å²) in [6, 6.07) is 5.83. The zero-order valence-electron chi connectivity index (χ0n) is 12.1. The Kier molecular flexibility index (Phi) is 5.22. The smallest absolute Gasteiger partial charge is 0.165 e. The molecule has 0 bridgehead atoms. The predicted octanol–water partition coefficient (Wildman–Crippen LogP) is 3.46. The molecule has 0 amide bonds. The highest BCUT2D eigenvalue weighted by atomic mass is 19.1. The fraction of sp³-hybridized carbons (Fsp3) is 0.312. The van der Waals surface area contributed by atoms with Gasteiger partial charge in [0.25, 0.3) is 0 Å². The van der Waals surface area contributed by atoms with Crippen LogP contribution in [0.25, 0.3) is 0 Å². The second kappa shape index (κ2) is 7.13. The van der Waals surface area contributed by atoms with E-state index in [2.05, 4.69) is 10.3 Å². The van der Waals surface area contributed by atoms with E-state index in [9.17, 15) is 8.78 Å². The molecule has 3 nitrogen and oxygen atoms in total. The Morgan fingerprint density at radius 1 is 1.19 bits per heavy atom. The van der Waals surface area contributed by atoms with Crippen LogP contribution in [0.4, 0.5) is 8.78 Å². The Morgan fingerprint density at radius 3 is 2.62 bits per heavy atom. The summed E-state index contributed by atoms with van der Waals surface area (Å²) >= 11 is 0. The molecule has 0 saturated heterocycles. The Morgan fingerprint density at radius 2 is 2.00 bits per heavy atom. The highest BCUT2D eigenvalue weighted by molar-refractivity contribution is 5.35. The molecule has 1 aromatic carbocycles. The Labute approximate surface area is 123 Å². The van der Waals surface area contributed by atoms with Gasteiger partial charge in [0.15, 0.2) is 11.6 Å². The van der Waals surface area contributed by atoms with Crippen molar-refractivity contribution in [3.8, 4) is 5.75 Å². The van der Waals surface area contributed by atoms with Crippen molar-refractivity contribution in [2.75, 3.05) is 13.7 Å². The zero-order valence-corrected chi connectivity index (χ0v) is 12.1. The number of rotatable bonds is 6. The highest BCUT2D eigenvalue weighted by Crippen LogP contribution is 2.26. The van der Waals surface area contributed by atoms with Gasteiger partial charge in [0.2, 0.25) is 0 Å². The lowest BCUT2D eigenvalue weighted by atomic mass is 9.99. The van der Waals surface area contributed by atoms with E-state index < -0.39 is 11.6 Å². The molecule has 21 heavy (non-hydrogen) atoms. The lowest BCUT2D eigenvalue weighted by Gasteiger charge is -2.20. The van der Waals surface area contributed by atoms with Crippen LogP contribution in [0, 0.1) is 11.6 Å². The lowest BCUT2D eigenvalue weighted by molar-refractivity contribution is 0.385. The van der Waals surface area contributed by atoms with Crippen molar-refractivity contribution in [3.05, 3.63) is 59.4 Å². The second-order valence-corrected chi connectivity index (χ2v) is 4.72. The van der Waals surface area contributed by atoms with Crippen molar-refractivity contribution in [2.45, 2.75) is 19.4 Å². The minimum absolute atomic E-state index is 0.186. The number of ether oxygens (including phenoxy) is 1. The normalized spacial score (nSPS) is 12.2. The number of halogens is 2. The minimum Gasteiger partial charge on any atom is -0.494 e. The van der Waals surface area contributed by atoms with E-state index in [0.717, 1.165) is 19.2 Å². The maximum atomic E-state index is 13.9. The standard InChI is InChI=1S/C16H18F2N2O/c1-3-6-20-16(12-7-13(17)10-19-9-12)11-4-5-15(21-2)14(18)8-11/h4-5,7-10,16,20H,3,6H2,1-2H3. The maximum Gasteiger partial charge on any atom is 0.165 e. The molecule has 0 aliphatic carbocycles. The molecule has 1 heterocycles. The first-order valence-corrected chi connectivity index (χ1v) is 6.83. The number of pyridine rings is 1. The summed E-state index contributed by atoms with van der Waals surface area (Å²) in [5, 5.41) is 3.28. The molecule has 1 aromatic heterocycles. The summed E-state index contributed by atoms with van der Waals surface area (Å²) < 4.78 is 32.2. The maximum absolute atomic E-state index is 13.9. The summed E-state index contributed by atoms with van der Waals surface area (Å²) in [7, 11) is 1.42. The van der Waals surface area contributed by atoms with E-state index in [1.165, 1.54) is 19.2 Å². The SMILES string of the molecule is CCCNC(c1cncc(F)c1)c1ccc(OC)c(F)c1. The first kappa shape index (κ1) is 15.4. The molecule has 0 fully saturated rings. The molecule has 0 radical (unpaired) electrons. The molecule has 0 spiro atoms. The third kappa shape index (κ3) is 3.76. The largest absolute Gasteiger partial charge is 0.494 e. The average molecular weight is 292 g/mol. The van der Waals surface area contributed by atoms with Crippen molar-refractivity contribution in [2.24, 2.45) is 0 Å². The first-order valence-electron chi connectivity index (χ1n) is 6.83. The van der Waals surface area contributed by atoms with Crippen LogP contribution in [0.1, 0.15) is 30.5 Å². The lowest BCUT2D eigenvalue weighted by Crippen LogP contribution is -2.23. The number of methoxy groups -OCH3 is 1. The quantitative estimate of drug-likeness (QED) is 0.885. The molecule has 1 unspecified atom stereocenters. The number of aromatic nitrogens is 1. The van der Waals surface area contributed by atoms with Crippen LogP contribution in [0.2, 0.25) is 0 Å². The Hall–Kier alpha value is -2.01. The van der Waals surface area contributed by atoms with Gasteiger partial charge in [0, 0.05) is 6.20 Å². The number of nitrogens with zero attached hydrogens (tertiary/aromatic N) is 1. The third-order valence-corrected chi connectivity index (χ3v) is 3.17. The molecule has 0 saturated carbocycles. The van der Waals surface area contributed by atoms with Crippen LogP contribution in [-0.2, 0) is 0 Å². The van der Waals surface area contributed by atoms with E-state index >= 15 is 0 Å². The van der Waals surface area contributed by atoms with Gasteiger partial charge < -0.3 is 10.1 Å². The van der Waals surface area contributed by atoms with Gasteiger partial charge >= 0.3 is 0 Å². The van der Waals surface area contributed by atoms with E-state index in [-0.39, 0.29) is 11.8 Å². The second-order valence-electron chi connectivity index (χ2n) is 4.72. The van der Waals surface area contributed by atoms with Gasteiger partial charge in [-0.1, -0.05) is 13.0 Å². The molecular formula is C16H18F2N2O. The van der Waals surface area contributed by atoms with Crippen LogP contribution in [0.5, 0.6) is 5.75 Å². The van der Waals surface area contributed by atoms with Gasteiger partial charge in [-0.2, -0.15) is 0 Å². The number of hydrogen-bond acceptors (Lipinski definition) is 3. The summed E-state index contributed by atoms with van der Waals surface area (Å²) in [5.41, 5.74) is 1.36. The summed E-state index contributed by atoms with van der Waals surface area (Å²) in [6.07, 6.45) is 3.64. The molecule has 1 atom stereocenters. The summed E-state index contributed by atoms with van der Waals surface area (Å²) in [4.78, 5) is 3.86. The molecule has 2 rings (SSSR count). The fourth-order valence-corrected chi connectivity index (χ4v) is 2.17. The zero-order chi connectivity index (χ0) is 15.2. The van der Waals surface area contributed by atoms with Crippen LogP contribution in [-0.4, -0.2) is 18.6 Å². The predicted molar refractivity (Wildman–Crippen MR) is 77.3 cm³/mol. The van der Waals surface area contributed by atoms with E-state index in [4.69, 9.17) is 4.74 Å². The molecular weight excluding hydrogens is 274 g/mol. The highest BCUT2D eigenvalue weighted by Gasteiger charge is 2.16. The molecule has 1 N–H and O–H groups in total. The third-order valence-electron chi connectivity index (χ3n) is 3.17. The number of hydrogen-bond donors (Lipinski definition) is 1. The van der Waals surface area contributed by atoms with Crippen LogP contribution >= 0.6 is 0 Å². The van der Waals surface area contributed by atoms with E-state index in [1.807, 2.05) is 6.92 Å². The first-order chi connectivity index (χ1) is 10.2. The van der Waals surface area contributed by atoms with Crippen molar-refractivity contribution in [1.82, 2.24) is 10.3 Å². The monoisotopic (exact) mass is 292 g/mol. The Bertz CT molecular complexity index is 605.